The average Bonchev–Trinajstić information content (AvgIpc) is 2.85. The predicted octanol–water partition coefficient (Wildman–Crippen LogP) is 4.80. The highest BCUT2D eigenvalue weighted by atomic mass is 16.5. The third-order valence-electron chi connectivity index (χ3n) is 5.15. The van der Waals surface area contributed by atoms with Gasteiger partial charge in [-0.25, -0.2) is 15.0 Å². The van der Waals surface area contributed by atoms with Crippen LogP contribution < -0.4 is 14.8 Å². The van der Waals surface area contributed by atoms with Crippen LogP contribution in [0.1, 0.15) is 5.56 Å². The van der Waals surface area contributed by atoms with E-state index in [0.717, 1.165) is 16.6 Å². The standard InChI is InChI=1S/C27H27N5O3/c1-32(2)14-6-7-21(33)15-19-16-23-24(17-25(19)34-3)29-18-30-27(23)31-20-9-11-22(12-10-20)35-26-8-4-5-13-28-26/h4-13,16-18H,14-15H2,1-3H3,(H,29,30,31)/b7-6+. The maximum atomic E-state index is 12.5. The molecular weight excluding hydrogens is 442 g/mol. The maximum Gasteiger partial charge on any atom is 0.219 e. The Morgan fingerprint density at radius 3 is 2.60 bits per heavy atom. The maximum absolute atomic E-state index is 12.5. The molecule has 2 heterocycles. The lowest BCUT2D eigenvalue weighted by Crippen LogP contribution is -2.11. The topological polar surface area (TPSA) is 89.5 Å². The minimum Gasteiger partial charge on any atom is -0.496 e. The molecule has 0 aliphatic rings. The predicted molar refractivity (Wildman–Crippen MR) is 137 cm³/mol. The second-order valence-corrected chi connectivity index (χ2v) is 8.13. The molecular formula is C27H27N5O3. The molecule has 4 rings (SSSR count). The fourth-order valence-electron chi connectivity index (χ4n) is 3.47. The summed E-state index contributed by atoms with van der Waals surface area (Å²) in [5.74, 6) is 2.46. The number of ketones is 1. The van der Waals surface area contributed by atoms with Gasteiger partial charge in [0.25, 0.3) is 0 Å². The fourth-order valence-corrected chi connectivity index (χ4v) is 3.47. The number of rotatable bonds is 10. The van der Waals surface area contributed by atoms with Crippen LogP contribution in [-0.4, -0.2) is 53.4 Å². The smallest absolute Gasteiger partial charge is 0.219 e. The molecule has 0 saturated carbocycles. The van der Waals surface area contributed by atoms with Crippen molar-refractivity contribution in [1.82, 2.24) is 19.9 Å². The summed E-state index contributed by atoms with van der Waals surface area (Å²) in [5.41, 5.74) is 2.32. The van der Waals surface area contributed by atoms with Crippen LogP contribution in [0.3, 0.4) is 0 Å². The molecule has 0 amide bonds. The first kappa shape index (κ1) is 23.8. The van der Waals surface area contributed by atoms with Crippen molar-refractivity contribution >= 4 is 28.2 Å². The van der Waals surface area contributed by atoms with Gasteiger partial charge in [0.2, 0.25) is 5.88 Å². The third kappa shape index (κ3) is 6.39. The molecule has 4 aromatic rings. The lowest BCUT2D eigenvalue weighted by Gasteiger charge is -2.13. The summed E-state index contributed by atoms with van der Waals surface area (Å²) >= 11 is 0. The van der Waals surface area contributed by atoms with Crippen LogP contribution in [0.4, 0.5) is 11.5 Å². The van der Waals surface area contributed by atoms with Crippen LogP contribution in [0.25, 0.3) is 10.9 Å². The van der Waals surface area contributed by atoms with E-state index in [2.05, 4.69) is 20.3 Å². The second kappa shape index (κ2) is 11.2. The number of methoxy groups -OCH3 is 1. The fraction of sp³-hybridized carbons (Fsp3) is 0.185. The van der Waals surface area contributed by atoms with Gasteiger partial charge >= 0.3 is 0 Å². The number of aromatic nitrogens is 3. The molecule has 0 bridgehead atoms. The summed E-state index contributed by atoms with van der Waals surface area (Å²) in [4.78, 5) is 27.5. The van der Waals surface area contributed by atoms with Gasteiger partial charge in [-0.1, -0.05) is 12.1 Å². The molecule has 0 unspecified atom stereocenters. The van der Waals surface area contributed by atoms with E-state index in [-0.39, 0.29) is 12.2 Å². The number of fused-ring (bicyclic) bond motifs is 1. The van der Waals surface area contributed by atoms with Gasteiger partial charge in [-0.2, -0.15) is 0 Å². The highest BCUT2D eigenvalue weighted by Gasteiger charge is 2.13. The Hall–Kier alpha value is -4.30. The van der Waals surface area contributed by atoms with E-state index in [9.17, 15) is 4.79 Å². The summed E-state index contributed by atoms with van der Waals surface area (Å²) in [6.45, 7) is 0.703. The molecule has 0 radical (unpaired) electrons. The Balaban J connectivity index is 1.55. The first-order valence-corrected chi connectivity index (χ1v) is 11.1. The summed E-state index contributed by atoms with van der Waals surface area (Å²) in [7, 11) is 5.50. The molecule has 35 heavy (non-hydrogen) atoms. The molecule has 8 heteroatoms. The van der Waals surface area contributed by atoms with Crippen molar-refractivity contribution < 1.29 is 14.3 Å². The molecule has 0 fully saturated rings. The minimum atomic E-state index is -0.000599. The van der Waals surface area contributed by atoms with Gasteiger partial charge < -0.3 is 19.7 Å². The van der Waals surface area contributed by atoms with Crippen molar-refractivity contribution in [3.05, 3.63) is 84.8 Å². The molecule has 0 aliphatic carbocycles. The Bertz CT molecular complexity index is 1320. The van der Waals surface area contributed by atoms with Crippen LogP contribution in [0.15, 0.2) is 79.3 Å². The van der Waals surface area contributed by atoms with Crippen molar-refractivity contribution in [2.45, 2.75) is 6.42 Å². The molecule has 8 nitrogen and oxygen atoms in total. The zero-order chi connectivity index (χ0) is 24.6. The molecule has 178 valence electrons. The Morgan fingerprint density at radius 1 is 1.06 bits per heavy atom. The quantitative estimate of drug-likeness (QED) is 0.331. The molecule has 0 aliphatic heterocycles. The van der Waals surface area contributed by atoms with Gasteiger partial charge in [-0.3, -0.25) is 4.79 Å². The Kier molecular flexibility index (Phi) is 7.64. The lowest BCUT2D eigenvalue weighted by atomic mass is 10.0. The number of benzene rings is 2. The van der Waals surface area contributed by atoms with Crippen LogP contribution >= 0.6 is 0 Å². The molecule has 0 spiro atoms. The van der Waals surface area contributed by atoms with Crippen LogP contribution in [0.5, 0.6) is 17.4 Å². The lowest BCUT2D eigenvalue weighted by molar-refractivity contribution is -0.114. The first-order chi connectivity index (χ1) is 17.0. The monoisotopic (exact) mass is 469 g/mol. The van der Waals surface area contributed by atoms with Crippen molar-refractivity contribution in [2.24, 2.45) is 0 Å². The molecule has 1 N–H and O–H groups in total. The van der Waals surface area contributed by atoms with E-state index in [1.165, 1.54) is 6.33 Å². The van der Waals surface area contributed by atoms with E-state index in [1.807, 2.05) is 73.6 Å². The number of nitrogens with zero attached hydrogens (tertiary/aromatic N) is 4. The summed E-state index contributed by atoms with van der Waals surface area (Å²) in [5, 5.41) is 4.13. The SMILES string of the molecule is COc1cc2ncnc(Nc3ccc(Oc4ccccn4)cc3)c2cc1CC(=O)/C=C/CN(C)C. The molecule has 2 aromatic heterocycles. The second-order valence-electron chi connectivity index (χ2n) is 8.13. The zero-order valence-electron chi connectivity index (χ0n) is 19.9. The van der Waals surface area contributed by atoms with Crippen molar-refractivity contribution in [3.8, 4) is 17.4 Å². The normalized spacial score (nSPS) is 11.2. The Morgan fingerprint density at radius 2 is 1.89 bits per heavy atom. The number of pyridine rings is 1. The van der Waals surface area contributed by atoms with E-state index in [1.54, 1.807) is 25.4 Å². The number of ether oxygens (including phenoxy) is 2. The summed E-state index contributed by atoms with van der Waals surface area (Å²) in [6, 6.07) is 16.8. The average molecular weight is 470 g/mol. The highest BCUT2D eigenvalue weighted by molar-refractivity contribution is 5.96. The van der Waals surface area contributed by atoms with Gasteiger partial charge in [-0.15, -0.1) is 0 Å². The highest BCUT2D eigenvalue weighted by Crippen LogP contribution is 2.31. The summed E-state index contributed by atoms with van der Waals surface area (Å²) < 4.78 is 11.3. The van der Waals surface area contributed by atoms with Gasteiger partial charge in [0.1, 0.15) is 23.6 Å². The largest absolute Gasteiger partial charge is 0.496 e. The van der Waals surface area contributed by atoms with Crippen molar-refractivity contribution in [3.63, 3.8) is 0 Å². The number of carbonyl (C=O) groups excluding carboxylic acids is 1. The Labute approximate surface area is 204 Å². The number of carbonyl (C=O) groups is 1. The summed E-state index contributed by atoms with van der Waals surface area (Å²) in [6.07, 6.45) is 6.86. The minimum absolute atomic E-state index is 0.000599. The van der Waals surface area contributed by atoms with E-state index >= 15 is 0 Å². The molecule has 0 saturated heterocycles. The van der Waals surface area contributed by atoms with E-state index in [4.69, 9.17) is 9.47 Å². The number of anilines is 2. The van der Waals surface area contributed by atoms with Gasteiger partial charge in [-0.05, 0) is 56.6 Å². The van der Waals surface area contributed by atoms with Crippen LogP contribution in [0.2, 0.25) is 0 Å². The zero-order valence-corrected chi connectivity index (χ0v) is 19.9. The number of likely N-dealkylation sites (N-methyl/N-ethyl adjacent to an activating group) is 1. The van der Waals surface area contributed by atoms with E-state index < -0.39 is 0 Å². The third-order valence-corrected chi connectivity index (χ3v) is 5.15. The number of nitrogens with one attached hydrogen (secondary N) is 1. The number of allylic oxidation sites excluding steroid dienone is 1. The van der Waals surface area contributed by atoms with E-state index in [0.29, 0.717) is 35.3 Å². The van der Waals surface area contributed by atoms with Crippen LogP contribution in [-0.2, 0) is 11.2 Å². The molecule has 0 atom stereocenters. The number of hydrogen-bond donors (Lipinski definition) is 1. The van der Waals surface area contributed by atoms with Crippen molar-refractivity contribution in [2.75, 3.05) is 33.1 Å². The first-order valence-electron chi connectivity index (χ1n) is 11.1. The number of hydrogen-bond acceptors (Lipinski definition) is 8. The van der Waals surface area contributed by atoms with Gasteiger partial charge in [0.15, 0.2) is 5.78 Å². The van der Waals surface area contributed by atoms with Gasteiger partial charge in [0.05, 0.1) is 12.6 Å². The van der Waals surface area contributed by atoms with Crippen molar-refractivity contribution in [1.29, 1.82) is 0 Å². The molecule has 2 aromatic carbocycles. The van der Waals surface area contributed by atoms with Crippen LogP contribution in [0, 0.1) is 0 Å². The van der Waals surface area contributed by atoms with Gasteiger partial charge in [0, 0.05) is 47.9 Å².